The molecule has 0 aliphatic heterocycles. The van der Waals surface area contributed by atoms with Crippen molar-refractivity contribution in [3.63, 3.8) is 0 Å². The van der Waals surface area contributed by atoms with Crippen LogP contribution in [-0.4, -0.2) is 18.1 Å². The SMILES string of the molecule is Cl.Cl.NCCCCNc1cc(=O)c2ccccc2[nH]1. The predicted molar refractivity (Wildman–Crippen MR) is 85.8 cm³/mol. The van der Waals surface area contributed by atoms with Crippen LogP contribution in [-0.2, 0) is 0 Å². The first-order valence-electron chi connectivity index (χ1n) is 5.87. The van der Waals surface area contributed by atoms with Gasteiger partial charge in [-0.3, -0.25) is 4.79 Å². The van der Waals surface area contributed by atoms with E-state index in [1.165, 1.54) is 0 Å². The lowest BCUT2D eigenvalue weighted by Gasteiger charge is -2.07. The number of pyridine rings is 1. The van der Waals surface area contributed by atoms with E-state index in [1.54, 1.807) is 6.07 Å². The highest BCUT2D eigenvalue weighted by atomic mass is 35.5. The number of benzene rings is 1. The van der Waals surface area contributed by atoms with Gasteiger partial charge in [0, 0.05) is 18.0 Å². The normalized spacial score (nSPS) is 9.53. The van der Waals surface area contributed by atoms with Gasteiger partial charge in [-0.25, -0.2) is 0 Å². The molecule has 6 heteroatoms. The number of nitrogens with one attached hydrogen (secondary N) is 2. The van der Waals surface area contributed by atoms with E-state index in [0.29, 0.717) is 6.54 Å². The van der Waals surface area contributed by atoms with Gasteiger partial charge >= 0.3 is 0 Å². The summed E-state index contributed by atoms with van der Waals surface area (Å²) in [4.78, 5) is 15.0. The number of H-pyrrole nitrogens is 1. The number of aromatic amines is 1. The van der Waals surface area contributed by atoms with E-state index in [0.717, 1.165) is 36.1 Å². The molecule has 0 unspecified atom stereocenters. The molecular weight excluding hydrogens is 285 g/mol. The fraction of sp³-hybridized carbons (Fsp3) is 0.308. The Morgan fingerprint density at radius 2 is 1.89 bits per heavy atom. The van der Waals surface area contributed by atoms with Crippen LogP contribution in [0.25, 0.3) is 10.9 Å². The molecule has 106 valence electrons. The lowest BCUT2D eigenvalue weighted by Crippen LogP contribution is -2.10. The minimum absolute atomic E-state index is 0. The van der Waals surface area contributed by atoms with Crippen LogP contribution in [0.5, 0.6) is 0 Å². The zero-order valence-electron chi connectivity index (χ0n) is 10.5. The van der Waals surface area contributed by atoms with Crippen molar-refractivity contribution in [3.05, 3.63) is 40.6 Å². The zero-order valence-corrected chi connectivity index (χ0v) is 12.2. The van der Waals surface area contributed by atoms with Crippen LogP contribution in [0.15, 0.2) is 35.1 Å². The number of rotatable bonds is 5. The van der Waals surface area contributed by atoms with Crippen molar-refractivity contribution in [2.24, 2.45) is 5.73 Å². The molecule has 0 saturated heterocycles. The van der Waals surface area contributed by atoms with Gasteiger partial charge in [0.1, 0.15) is 5.82 Å². The summed E-state index contributed by atoms with van der Waals surface area (Å²) in [7, 11) is 0. The Kier molecular flexibility index (Phi) is 8.23. The van der Waals surface area contributed by atoms with Gasteiger partial charge in [-0.1, -0.05) is 12.1 Å². The number of unbranched alkanes of at least 4 members (excludes halogenated alkanes) is 1. The van der Waals surface area contributed by atoms with E-state index in [1.807, 2.05) is 24.3 Å². The van der Waals surface area contributed by atoms with Crippen LogP contribution in [0.1, 0.15) is 12.8 Å². The summed E-state index contributed by atoms with van der Waals surface area (Å²) < 4.78 is 0. The highest BCUT2D eigenvalue weighted by molar-refractivity contribution is 5.85. The molecule has 1 aromatic carbocycles. The lowest BCUT2D eigenvalue weighted by molar-refractivity contribution is 0.772. The molecule has 0 atom stereocenters. The fourth-order valence-corrected chi connectivity index (χ4v) is 1.78. The Morgan fingerprint density at radius 3 is 2.63 bits per heavy atom. The number of aromatic nitrogens is 1. The fourth-order valence-electron chi connectivity index (χ4n) is 1.78. The molecule has 0 aliphatic carbocycles. The number of halogens is 2. The molecule has 0 bridgehead atoms. The minimum Gasteiger partial charge on any atom is -0.372 e. The predicted octanol–water partition coefficient (Wildman–Crippen LogP) is 2.52. The van der Waals surface area contributed by atoms with E-state index in [9.17, 15) is 4.79 Å². The number of nitrogens with two attached hydrogens (primary N) is 1. The van der Waals surface area contributed by atoms with Gasteiger partial charge in [0.2, 0.25) is 0 Å². The maximum absolute atomic E-state index is 11.8. The third-order valence-corrected chi connectivity index (χ3v) is 2.68. The summed E-state index contributed by atoms with van der Waals surface area (Å²) in [6, 6.07) is 9.11. The Bertz CT molecular complexity index is 557. The molecule has 19 heavy (non-hydrogen) atoms. The second-order valence-electron chi connectivity index (χ2n) is 4.02. The number of fused-ring (bicyclic) bond motifs is 1. The van der Waals surface area contributed by atoms with Crippen molar-refractivity contribution in [1.29, 1.82) is 0 Å². The second-order valence-corrected chi connectivity index (χ2v) is 4.02. The lowest BCUT2D eigenvalue weighted by atomic mass is 10.2. The molecule has 0 saturated carbocycles. The van der Waals surface area contributed by atoms with E-state index < -0.39 is 0 Å². The van der Waals surface area contributed by atoms with E-state index in [2.05, 4.69) is 10.3 Å². The van der Waals surface area contributed by atoms with Gasteiger partial charge in [-0.05, 0) is 31.5 Å². The van der Waals surface area contributed by atoms with Crippen LogP contribution in [0.2, 0.25) is 0 Å². The molecule has 2 rings (SSSR count). The van der Waals surface area contributed by atoms with Gasteiger partial charge in [0.15, 0.2) is 5.43 Å². The third-order valence-electron chi connectivity index (χ3n) is 2.68. The molecule has 2 aromatic rings. The summed E-state index contributed by atoms with van der Waals surface area (Å²) in [5, 5.41) is 3.92. The second kappa shape index (κ2) is 8.80. The van der Waals surface area contributed by atoms with Gasteiger partial charge in [-0.2, -0.15) is 0 Å². The molecule has 0 amide bonds. The number of para-hydroxylation sites is 1. The molecular formula is C13H19Cl2N3O. The summed E-state index contributed by atoms with van der Waals surface area (Å²) in [6.07, 6.45) is 2.00. The summed E-state index contributed by atoms with van der Waals surface area (Å²) in [5.74, 6) is 0.769. The number of anilines is 1. The van der Waals surface area contributed by atoms with Crippen molar-refractivity contribution < 1.29 is 0 Å². The maximum Gasteiger partial charge on any atom is 0.191 e. The van der Waals surface area contributed by atoms with Crippen LogP contribution >= 0.6 is 24.8 Å². The van der Waals surface area contributed by atoms with Gasteiger partial charge < -0.3 is 16.0 Å². The van der Waals surface area contributed by atoms with Crippen LogP contribution in [0.3, 0.4) is 0 Å². The highest BCUT2D eigenvalue weighted by Gasteiger charge is 2.00. The Labute approximate surface area is 124 Å². The maximum atomic E-state index is 11.8. The average Bonchev–Trinajstić information content (AvgIpc) is 2.35. The van der Waals surface area contributed by atoms with Crippen LogP contribution in [0, 0.1) is 0 Å². The molecule has 0 aliphatic rings. The molecule has 0 spiro atoms. The zero-order chi connectivity index (χ0) is 12.1. The van der Waals surface area contributed by atoms with Crippen LogP contribution in [0.4, 0.5) is 5.82 Å². The monoisotopic (exact) mass is 303 g/mol. The first kappa shape index (κ1) is 17.8. The Hall–Kier alpha value is -1.23. The molecule has 4 nitrogen and oxygen atoms in total. The first-order valence-corrected chi connectivity index (χ1v) is 5.87. The highest BCUT2D eigenvalue weighted by Crippen LogP contribution is 2.09. The van der Waals surface area contributed by atoms with Gasteiger partial charge in [-0.15, -0.1) is 24.8 Å². The smallest absolute Gasteiger partial charge is 0.191 e. The molecule has 1 heterocycles. The quantitative estimate of drug-likeness (QED) is 0.743. The first-order chi connectivity index (χ1) is 8.31. The average molecular weight is 304 g/mol. The van der Waals surface area contributed by atoms with Gasteiger partial charge in [0.05, 0.1) is 5.52 Å². The number of hydrogen-bond acceptors (Lipinski definition) is 3. The minimum atomic E-state index is 0. The molecule has 4 N–H and O–H groups in total. The standard InChI is InChI=1S/C13H17N3O.2ClH/c14-7-3-4-8-15-13-9-12(17)10-5-1-2-6-11(10)16-13;;/h1-2,5-6,9H,3-4,7-8,14H2,(H2,15,16,17);2*1H. The van der Waals surface area contributed by atoms with Gasteiger partial charge in [0.25, 0.3) is 0 Å². The van der Waals surface area contributed by atoms with Crippen molar-refractivity contribution in [1.82, 2.24) is 4.98 Å². The van der Waals surface area contributed by atoms with E-state index >= 15 is 0 Å². The summed E-state index contributed by atoms with van der Waals surface area (Å²) >= 11 is 0. The Morgan fingerprint density at radius 1 is 1.16 bits per heavy atom. The van der Waals surface area contributed by atoms with E-state index in [-0.39, 0.29) is 30.2 Å². The van der Waals surface area contributed by atoms with E-state index in [4.69, 9.17) is 5.73 Å². The topological polar surface area (TPSA) is 70.9 Å². The number of hydrogen-bond donors (Lipinski definition) is 3. The Balaban J connectivity index is 0.00000162. The van der Waals surface area contributed by atoms with Crippen molar-refractivity contribution in [2.45, 2.75) is 12.8 Å². The van der Waals surface area contributed by atoms with Crippen molar-refractivity contribution in [2.75, 3.05) is 18.4 Å². The van der Waals surface area contributed by atoms with Crippen molar-refractivity contribution >= 4 is 41.5 Å². The summed E-state index contributed by atoms with van der Waals surface area (Å²) in [6.45, 7) is 1.53. The molecule has 1 aromatic heterocycles. The molecule has 0 radical (unpaired) electrons. The molecule has 0 fully saturated rings. The third kappa shape index (κ3) is 4.74. The summed E-state index contributed by atoms with van der Waals surface area (Å²) in [5.41, 5.74) is 6.33. The van der Waals surface area contributed by atoms with Crippen molar-refractivity contribution in [3.8, 4) is 0 Å². The van der Waals surface area contributed by atoms with Crippen LogP contribution < -0.4 is 16.5 Å². The largest absolute Gasteiger partial charge is 0.372 e.